The van der Waals surface area contributed by atoms with Gasteiger partial charge < -0.3 is 15.5 Å². The summed E-state index contributed by atoms with van der Waals surface area (Å²) in [6, 6.07) is 9.36. The summed E-state index contributed by atoms with van der Waals surface area (Å²) in [6.45, 7) is -0.711. The average molecular weight is 355 g/mol. The molecule has 2 saturated heterocycles. The molecule has 5 nitrogen and oxygen atoms in total. The van der Waals surface area contributed by atoms with Crippen LogP contribution in [-0.4, -0.2) is 60.0 Å². The van der Waals surface area contributed by atoms with Crippen LogP contribution in [0.25, 0.3) is 0 Å². The molecule has 1 aromatic rings. The molecule has 2 aliphatic heterocycles. The van der Waals surface area contributed by atoms with Gasteiger partial charge in [0.25, 0.3) is 0 Å². The largest absolute Gasteiger partial charge is 0.406 e. The van der Waals surface area contributed by atoms with Crippen molar-refractivity contribution in [3.05, 3.63) is 35.9 Å². The van der Waals surface area contributed by atoms with Gasteiger partial charge in [-0.15, -0.1) is 0 Å². The van der Waals surface area contributed by atoms with Crippen molar-refractivity contribution in [2.75, 3.05) is 26.2 Å². The Morgan fingerprint density at radius 3 is 2.48 bits per heavy atom. The standard InChI is InChI=1S/C17H20F3N3O2/c18-17(19,20)10-23-7-12(6-15(23)24)16(25)22-8-13(14(21)9-22)11-4-2-1-3-5-11/h1-5,12-14H,6-10,21H2/t12?,13-,14+/m0/s1. The third-order valence-electron chi connectivity index (χ3n) is 4.84. The lowest BCUT2D eigenvalue weighted by molar-refractivity contribution is -0.157. The summed E-state index contributed by atoms with van der Waals surface area (Å²) in [7, 11) is 0. The monoisotopic (exact) mass is 355 g/mol. The van der Waals surface area contributed by atoms with Crippen LogP contribution >= 0.6 is 0 Å². The first kappa shape index (κ1) is 17.7. The molecule has 25 heavy (non-hydrogen) atoms. The van der Waals surface area contributed by atoms with Gasteiger partial charge in [-0.3, -0.25) is 9.59 Å². The van der Waals surface area contributed by atoms with E-state index in [1.165, 1.54) is 0 Å². The molecule has 2 aliphatic rings. The van der Waals surface area contributed by atoms with Crippen LogP contribution in [0.2, 0.25) is 0 Å². The highest BCUT2D eigenvalue weighted by Crippen LogP contribution is 2.30. The van der Waals surface area contributed by atoms with Gasteiger partial charge in [0, 0.05) is 38.0 Å². The maximum Gasteiger partial charge on any atom is 0.406 e. The summed E-state index contributed by atoms with van der Waals surface area (Å²) in [5.41, 5.74) is 7.19. The lowest BCUT2D eigenvalue weighted by Crippen LogP contribution is -2.39. The van der Waals surface area contributed by atoms with Crippen molar-refractivity contribution in [1.82, 2.24) is 9.80 Å². The number of likely N-dealkylation sites (tertiary alicyclic amines) is 2. The molecule has 0 aromatic heterocycles. The van der Waals surface area contributed by atoms with E-state index in [1.54, 1.807) is 4.90 Å². The molecule has 2 fully saturated rings. The first-order chi connectivity index (χ1) is 11.7. The molecule has 1 unspecified atom stereocenters. The third kappa shape index (κ3) is 3.95. The molecule has 2 heterocycles. The highest BCUT2D eigenvalue weighted by Gasteiger charge is 2.43. The van der Waals surface area contributed by atoms with Gasteiger partial charge in [-0.05, 0) is 5.56 Å². The predicted octanol–water partition coefficient (Wildman–Crippen LogP) is 1.35. The number of carbonyl (C=O) groups excluding carboxylic acids is 2. The van der Waals surface area contributed by atoms with Crippen LogP contribution in [-0.2, 0) is 9.59 Å². The van der Waals surface area contributed by atoms with Gasteiger partial charge >= 0.3 is 6.18 Å². The Hall–Kier alpha value is -2.09. The quantitative estimate of drug-likeness (QED) is 0.890. The number of hydrogen-bond donors (Lipinski definition) is 1. The SMILES string of the molecule is N[C@@H]1CN(C(=O)C2CC(=O)N(CC(F)(F)F)C2)C[C@H]1c1ccccc1. The van der Waals surface area contributed by atoms with E-state index in [2.05, 4.69) is 0 Å². The van der Waals surface area contributed by atoms with Gasteiger partial charge in [-0.1, -0.05) is 30.3 Å². The predicted molar refractivity (Wildman–Crippen MR) is 84.5 cm³/mol. The maximum atomic E-state index is 12.6. The van der Waals surface area contributed by atoms with E-state index in [9.17, 15) is 22.8 Å². The summed E-state index contributed by atoms with van der Waals surface area (Å²) in [4.78, 5) is 26.7. The van der Waals surface area contributed by atoms with Gasteiger partial charge in [0.2, 0.25) is 11.8 Å². The molecule has 0 radical (unpaired) electrons. The van der Waals surface area contributed by atoms with E-state index in [1.807, 2.05) is 30.3 Å². The Labute approximate surface area is 143 Å². The Bertz CT molecular complexity index is 650. The van der Waals surface area contributed by atoms with E-state index in [0.717, 1.165) is 5.56 Å². The fourth-order valence-electron chi connectivity index (χ4n) is 3.63. The fraction of sp³-hybridized carbons (Fsp3) is 0.529. The van der Waals surface area contributed by atoms with Crippen molar-refractivity contribution in [3.63, 3.8) is 0 Å². The Morgan fingerprint density at radius 2 is 1.84 bits per heavy atom. The minimum absolute atomic E-state index is 0.00599. The Morgan fingerprint density at radius 1 is 1.16 bits per heavy atom. The van der Waals surface area contributed by atoms with Crippen molar-refractivity contribution < 1.29 is 22.8 Å². The molecule has 3 rings (SSSR count). The Kier molecular flexibility index (Phi) is 4.73. The lowest BCUT2D eigenvalue weighted by Gasteiger charge is -2.21. The lowest BCUT2D eigenvalue weighted by atomic mass is 9.95. The highest BCUT2D eigenvalue weighted by molar-refractivity contribution is 5.89. The first-order valence-corrected chi connectivity index (χ1v) is 8.18. The molecule has 0 bridgehead atoms. The highest BCUT2D eigenvalue weighted by atomic mass is 19.4. The number of nitrogens with zero attached hydrogens (tertiary/aromatic N) is 2. The van der Waals surface area contributed by atoms with Crippen molar-refractivity contribution in [3.8, 4) is 0 Å². The minimum Gasteiger partial charge on any atom is -0.340 e. The molecule has 0 aliphatic carbocycles. The number of rotatable bonds is 3. The number of benzene rings is 1. The second-order valence-corrected chi connectivity index (χ2v) is 6.71. The van der Waals surface area contributed by atoms with Crippen LogP contribution in [0, 0.1) is 5.92 Å². The van der Waals surface area contributed by atoms with Crippen molar-refractivity contribution in [2.24, 2.45) is 11.7 Å². The van der Waals surface area contributed by atoms with Crippen LogP contribution in [0.5, 0.6) is 0 Å². The Balaban J connectivity index is 1.64. The van der Waals surface area contributed by atoms with Crippen molar-refractivity contribution in [2.45, 2.75) is 24.6 Å². The first-order valence-electron chi connectivity index (χ1n) is 8.18. The molecule has 0 spiro atoms. The molecular formula is C17H20F3N3O2. The molecular weight excluding hydrogens is 335 g/mol. The molecule has 3 atom stereocenters. The number of halogens is 3. The van der Waals surface area contributed by atoms with Crippen LogP contribution in [0.4, 0.5) is 13.2 Å². The molecule has 136 valence electrons. The normalized spacial score (nSPS) is 27.2. The summed E-state index contributed by atoms with van der Waals surface area (Å²) in [5, 5.41) is 0. The second-order valence-electron chi connectivity index (χ2n) is 6.71. The number of hydrogen-bond acceptors (Lipinski definition) is 3. The van der Waals surface area contributed by atoms with Gasteiger partial charge in [0.15, 0.2) is 0 Å². The van der Waals surface area contributed by atoms with Crippen LogP contribution in [0.1, 0.15) is 17.9 Å². The minimum atomic E-state index is -4.46. The van der Waals surface area contributed by atoms with Gasteiger partial charge in [-0.2, -0.15) is 13.2 Å². The van der Waals surface area contributed by atoms with E-state index < -0.39 is 24.5 Å². The van der Waals surface area contributed by atoms with E-state index >= 15 is 0 Å². The maximum absolute atomic E-state index is 12.6. The van der Waals surface area contributed by atoms with Gasteiger partial charge in [0.1, 0.15) is 6.54 Å². The van der Waals surface area contributed by atoms with E-state index in [0.29, 0.717) is 18.0 Å². The number of nitrogens with two attached hydrogens (primary N) is 1. The molecule has 0 saturated carbocycles. The second kappa shape index (κ2) is 6.67. The summed E-state index contributed by atoms with van der Waals surface area (Å²) >= 11 is 0. The zero-order valence-electron chi connectivity index (χ0n) is 13.6. The number of amides is 2. The number of carbonyl (C=O) groups is 2. The van der Waals surface area contributed by atoms with Crippen LogP contribution in [0.3, 0.4) is 0 Å². The van der Waals surface area contributed by atoms with Crippen LogP contribution < -0.4 is 5.73 Å². The van der Waals surface area contributed by atoms with Crippen molar-refractivity contribution in [1.29, 1.82) is 0 Å². The summed E-state index contributed by atoms with van der Waals surface area (Å²) < 4.78 is 37.5. The third-order valence-corrected chi connectivity index (χ3v) is 4.84. The smallest absolute Gasteiger partial charge is 0.340 e. The van der Waals surface area contributed by atoms with Crippen LogP contribution in [0.15, 0.2) is 30.3 Å². The molecule has 2 N–H and O–H groups in total. The summed E-state index contributed by atoms with van der Waals surface area (Å²) in [5.74, 6) is -1.64. The van der Waals surface area contributed by atoms with E-state index in [-0.39, 0.29) is 30.8 Å². The van der Waals surface area contributed by atoms with Gasteiger partial charge in [0.05, 0.1) is 5.92 Å². The molecule has 2 amide bonds. The summed E-state index contributed by atoms with van der Waals surface area (Å²) in [6.07, 6.45) is -4.63. The number of alkyl halides is 3. The van der Waals surface area contributed by atoms with E-state index in [4.69, 9.17) is 5.73 Å². The van der Waals surface area contributed by atoms with Gasteiger partial charge in [-0.25, -0.2) is 0 Å². The topological polar surface area (TPSA) is 66.6 Å². The fourth-order valence-corrected chi connectivity index (χ4v) is 3.63. The molecule has 8 heteroatoms. The zero-order valence-corrected chi connectivity index (χ0v) is 13.6. The van der Waals surface area contributed by atoms with Crippen molar-refractivity contribution >= 4 is 11.8 Å². The zero-order chi connectivity index (χ0) is 18.2. The average Bonchev–Trinajstić information content (AvgIpc) is 3.10. The molecule has 1 aromatic carbocycles.